The molecule has 1 aliphatic heterocycles. The number of aryl methyl sites for hydroxylation is 1. The van der Waals surface area contributed by atoms with Crippen molar-refractivity contribution in [3.63, 3.8) is 0 Å². The number of benzene rings is 1. The van der Waals surface area contributed by atoms with Crippen LogP contribution >= 0.6 is 0 Å². The molecule has 0 aromatic heterocycles. The van der Waals surface area contributed by atoms with Crippen LogP contribution in [0.15, 0.2) is 24.3 Å². The summed E-state index contributed by atoms with van der Waals surface area (Å²) in [6.45, 7) is 6.27. The zero-order chi connectivity index (χ0) is 14.9. The Kier molecular flexibility index (Phi) is 3.84. The number of amides is 1. The topological polar surface area (TPSA) is 46.6 Å². The fourth-order valence-electron chi connectivity index (χ4n) is 2.73. The second kappa shape index (κ2) is 5.27. The van der Waals surface area contributed by atoms with Crippen molar-refractivity contribution < 1.29 is 14.3 Å². The van der Waals surface area contributed by atoms with Gasteiger partial charge in [0, 0.05) is 6.54 Å². The van der Waals surface area contributed by atoms with Crippen molar-refractivity contribution in [2.24, 2.45) is 0 Å². The molecule has 1 fully saturated rings. The molecule has 4 nitrogen and oxygen atoms in total. The maximum absolute atomic E-state index is 12.7. The van der Waals surface area contributed by atoms with E-state index in [4.69, 9.17) is 4.74 Å². The normalized spacial score (nSPS) is 23.8. The Bertz CT molecular complexity index is 523. The molecule has 2 rings (SSSR count). The summed E-state index contributed by atoms with van der Waals surface area (Å²) in [5.74, 6) is -0.370. The molecule has 108 valence electrons. The molecule has 2 atom stereocenters. The van der Waals surface area contributed by atoms with Crippen molar-refractivity contribution in [2.45, 2.75) is 38.6 Å². The lowest BCUT2D eigenvalue weighted by molar-refractivity contribution is -0.151. The molecule has 1 unspecified atom stereocenters. The van der Waals surface area contributed by atoms with Gasteiger partial charge in [-0.05, 0) is 32.8 Å². The summed E-state index contributed by atoms with van der Waals surface area (Å²) in [5, 5.41) is 0. The molecular formula is C16H21NO3. The molecule has 0 spiro atoms. The van der Waals surface area contributed by atoms with Gasteiger partial charge in [0.15, 0.2) is 0 Å². The fraction of sp³-hybridized carbons (Fsp3) is 0.500. The van der Waals surface area contributed by atoms with E-state index in [0.717, 1.165) is 12.0 Å². The first-order valence-corrected chi connectivity index (χ1v) is 6.86. The summed E-state index contributed by atoms with van der Waals surface area (Å²) in [7, 11) is 1.35. The quantitative estimate of drug-likeness (QED) is 0.793. The van der Waals surface area contributed by atoms with Crippen molar-refractivity contribution in [1.82, 2.24) is 4.90 Å². The van der Waals surface area contributed by atoms with Crippen molar-refractivity contribution in [3.05, 3.63) is 35.4 Å². The molecule has 1 aromatic rings. The summed E-state index contributed by atoms with van der Waals surface area (Å²) in [5.41, 5.74) is 1.63. The van der Waals surface area contributed by atoms with Gasteiger partial charge >= 0.3 is 5.97 Å². The van der Waals surface area contributed by atoms with Crippen molar-refractivity contribution in [2.75, 3.05) is 13.7 Å². The van der Waals surface area contributed by atoms with Gasteiger partial charge in [-0.15, -0.1) is 0 Å². The smallest absolute Gasteiger partial charge is 0.328 e. The molecule has 0 saturated carbocycles. The highest BCUT2D eigenvalue weighted by Gasteiger charge is 2.46. The highest BCUT2D eigenvalue weighted by Crippen LogP contribution is 2.36. The predicted molar refractivity (Wildman–Crippen MR) is 76.3 cm³/mol. The zero-order valence-corrected chi connectivity index (χ0v) is 12.5. The monoisotopic (exact) mass is 275 g/mol. The van der Waals surface area contributed by atoms with Crippen LogP contribution < -0.4 is 0 Å². The van der Waals surface area contributed by atoms with Gasteiger partial charge in [-0.3, -0.25) is 4.79 Å². The molecular weight excluding hydrogens is 254 g/mol. The van der Waals surface area contributed by atoms with Gasteiger partial charge in [0.25, 0.3) is 0 Å². The number of hydrogen-bond acceptors (Lipinski definition) is 3. The third-order valence-corrected chi connectivity index (χ3v) is 4.28. The minimum absolute atomic E-state index is 0.000692. The highest BCUT2D eigenvalue weighted by atomic mass is 16.5. The summed E-state index contributed by atoms with van der Waals surface area (Å²) in [6, 6.07) is 7.50. The Balaban J connectivity index is 2.26. The van der Waals surface area contributed by atoms with E-state index in [1.807, 2.05) is 38.1 Å². The van der Waals surface area contributed by atoms with Gasteiger partial charge < -0.3 is 9.64 Å². The van der Waals surface area contributed by atoms with Crippen LogP contribution in [0.1, 0.15) is 31.4 Å². The van der Waals surface area contributed by atoms with E-state index >= 15 is 0 Å². The summed E-state index contributed by atoms with van der Waals surface area (Å²) >= 11 is 0. The first kappa shape index (κ1) is 14.6. The molecule has 0 bridgehead atoms. The summed E-state index contributed by atoms with van der Waals surface area (Å²) in [4.78, 5) is 25.9. The molecule has 1 aliphatic rings. The number of esters is 1. The van der Waals surface area contributed by atoms with Crippen molar-refractivity contribution in [1.29, 1.82) is 0 Å². The van der Waals surface area contributed by atoms with Gasteiger partial charge in [-0.25, -0.2) is 4.79 Å². The van der Waals surface area contributed by atoms with Gasteiger partial charge in [0.2, 0.25) is 5.91 Å². The first-order valence-electron chi connectivity index (χ1n) is 6.86. The lowest BCUT2D eigenvalue weighted by Gasteiger charge is -2.26. The maximum atomic E-state index is 12.7. The van der Waals surface area contributed by atoms with Crippen LogP contribution in [0.3, 0.4) is 0 Å². The Labute approximate surface area is 119 Å². The summed E-state index contributed by atoms with van der Waals surface area (Å²) < 4.78 is 4.73. The van der Waals surface area contributed by atoms with Crippen LogP contribution in [0.4, 0.5) is 0 Å². The molecule has 0 radical (unpaired) electrons. The Morgan fingerprint density at radius 1 is 1.35 bits per heavy atom. The van der Waals surface area contributed by atoms with Crippen LogP contribution in [0.25, 0.3) is 0 Å². The van der Waals surface area contributed by atoms with E-state index in [0.29, 0.717) is 6.54 Å². The second-order valence-electron chi connectivity index (χ2n) is 5.65. The number of hydrogen-bond donors (Lipinski definition) is 0. The average Bonchev–Trinajstić information content (AvgIpc) is 2.75. The van der Waals surface area contributed by atoms with Crippen molar-refractivity contribution in [3.8, 4) is 0 Å². The van der Waals surface area contributed by atoms with E-state index in [2.05, 4.69) is 0 Å². The number of nitrogens with zero attached hydrogens (tertiary/aromatic N) is 1. The predicted octanol–water partition coefficient (Wildman–Crippen LogP) is 2.05. The number of methoxy groups -OCH3 is 1. The third kappa shape index (κ3) is 2.30. The number of carbonyl (C=O) groups is 2. The third-order valence-electron chi connectivity index (χ3n) is 4.28. The van der Waals surface area contributed by atoms with Crippen LogP contribution in [-0.2, 0) is 19.7 Å². The molecule has 1 heterocycles. The van der Waals surface area contributed by atoms with Crippen LogP contribution in [0.2, 0.25) is 0 Å². The van der Waals surface area contributed by atoms with E-state index in [1.165, 1.54) is 12.7 Å². The van der Waals surface area contributed by atoms with Gasteiger partial charge in [-0.1, -0.05) is 29.8 Å². The van der Waals surface area contributed by atoms with Crippen LogP contribution in [0, 0.1) is 6.92 Å². The Hall–Kier alpha value is -1.84. The fourth-order valence-corrected chi connectivity index (χ4v) is 2.73. The number of likely N-dealkylation sites (tertiary alicyclic amines) is 1. The van der Waals surface area contributed by atoms with E-state index in [-0.39, 0.29) is 11.9 Å². The largest absolute Gasteiger partial charge is 0.467 e. The maximum Gasteiger partial charge on any atom is 0.328 e. The SMILES string of the molecule is COC(=O)[C@@H](C)N1CCC(C)(c2ccc(C)cc2)C1=O. The van der Waals surface area contributed by atoms with Gasteiger partial charge in [-0.2, -0.15) is 0 Å². The lowest BCUT2D eigenvalue weighted by atomic mass is 9.81. The number of carbonyl (C=O) groups excluding carboxylic acids is 2. The standard InChI is InChI=1S/C16H21NO3/c1-11-5-7-13(8-6-11)16(3)9-10-17(15(16)19)12(2)14(18)20-4/h5-8,12H,9-10H2,1-4H3/t12-,16?/m1/s1. The molecule has 1 saturated heterocycles. The molecule has 20 heavy (non-hydrogen) atoms. The number of ether oxygens (including phenoxy) is 1. The Morgan fingerprint density at radius 2 is 1.95 bits per heavy atom. The molecule has 0 aliphatic carbocycles. The van der Waals surface area contributed by atoms with Crippen LogP contribution in [-0.4, -0.2) is 36.5 Å². The minimum Gasteiger partial charge on any atom is -0.467 e. The van der Waals surface area contributed by atoms with Gasteiger partial charge in [0.05, 0.1) is 12.5 Å². The van der Waals surface area contributed by atoms with Gasteiger partial charge in [0.1, 0.15) is 6.04 Å². The first-order chi connectivity index (χ1) is 9.40. The zero-order valence-electron chi connectivity index (χ0n) is 12.5. The molecule has 0 N–H and O–H groups in total. The minimum atomic E-state index is -0.546. The Morgan fingerprint density at radius 3 is 2.50 bits per heavy atom. The molecule has 1 aromatic carbocycles. The lowest BCUT2D eigenvalue weighted by Crippen LogP contribution is -2.44. The van der Waals surface area contributed by atoms with E-state index in [1.54, 1.807) is 11.8 Å². The molecule has 4 heteroatoms. The van der Waals surface area contributed by atoms with E-state index in [9.17, 15) is 9.59 Å². The highest BCUT2D eigenvalue weighted by molar-refractivity contribution is 5.93. The van der Waals surface area contributed by atoms with Crippen LogP contribution in [0.5, 0.6) is 0 Å². The molecule has 1 amide bonds. The van der Waals surface area contributed by atoms with E-state index < -0.39 is 11.5 Å². The summed E-state index contributed by atoms with van der Waals surface area (Å²) in [6.07, 6.45) is 0.718. The second-order valence-corrected chi connectivity index (χ2v) is 5.65. The average molecular weight is 275 g/mol. The van der Waals surface area contributed by atoms with Crippen molar-refractivity contribution >= 4 is 11.9 Å². The number of rotatable bonds is 3.